The van der Waals surface area contributed by atoms with Crippen LogP contribution in [0.15, 0.2) is 30.6 Å². The molecule has 0 spiro atoms. The second-order valence-electron chi connectivity index (χ2n) is 4.46. The lowest BCUT2D eigenvalue weighted by molar-refractivity contribution is 0.199. The van der Waals surface area contributed by atoms with Crippen LogP contribution in [-0.4, -0.2) is 30.0 Å². The molecule has 1 aromatic heterocycles. The molecule has 0 aliphatic rings. The molecule has 20 heavy (non-hydrogen) atoms. The Kier molecular flexibility index (Phi) is 5.52. The summed E-state index contributed by atoms with van der Waals surface area (Å²) in [6.07, 6.45) is 3.73. The zero-order valence-electron chi connectivity index (χ0n) is 11.3. The third kappa shape index (κ3) is 4.30. The molecular formula is C14H17ClFN3O. The summed E-state index contributed by atoms with van der Waals surface area (Å²) in [5, 5.41) is 7.63. The van der Waals surface area contributed by atoms with Crippen molar-refractivity contribution in [3.63, 3.8) is 0 Å². The van der Waals surface area contributed by atoms with Crippen LogP contribution in [0.4, 0.5) is 4.39 Å². The van der Waals surface area contributed by atoms with Gasteiger partial charge in [0.2, 0.25) is 0 Å². The maximum absolute atomic E-state index is 13.3. The average Bonchev–Trinajstić information content (AvgIpc) is 2.87. The van der Waals surface area contributed by atoms with E-state index in [1.54, 1.807) is 30.1 Å². The standard InChI is InChI=1S/C14H17ClFN3O/c1-20-5-4-17-7-12-8-18-19(10-12)9-11-2-3-13(15)14(16)6-11/h2-3,6,8,10,17H,4-5,7,9H2,1H3. The van der Waals surface area contributed by atoms with E-state index >= 15 is 0 Å². The van der Waals surface area contributed by atoms with E-state index < -0.39 is 5.82 Å². The first-order valence-corrected chi connectivity index (χ1v) is 6.72. The lowest BCUT2D eigenvalue weighted by Gasteiger charge is -2.03. The van der Waals surface area contributed by atoms with Gasteiger partial charge in [-0.25, -0.2) is 4.39 Å². The minimum Gasteiger partial charge on any atom is -0.383 e. The van der Waals surface area contributed by atoms with Crippen molar-refractivity contribution in [3.05, 3.63) is 52.6 Å². The zero-order chi connectivity index (χ0) is 14.4. The highest BCUT2D eigenvalue weighted by Crippen LogP contribution is 2.16. The quantitative estimate of drug-likeness (QED) is 0.798. The fraction of sp³-hybridized carbons (Fsp3) is 0.357. The largest absolute Gasteiger partial charge is 0.383 e. The molecule has 0 fully saturated rings. The number of benzene rings is 1. The van der Waals surface area contributed by atoms with E-state index in [-0.39, 0.29) is 5.02 Å². The van der Waals surface area contributed by atoms with E-state index in [2.05, 4.69) is 10.4 Å². The number of ether oxygens (including phenoxy) is 1. The van der Waals surface area contributed by atoms with Crippen LogP contribution in [0.2, 0.25) is 5.02 Å². The van der Waals surface area contributed by atoms with Crippen LogP contribution in [0.1, 0.15) is 11.1 Å². The van der Waals surface area contributed by atoms with Crippen molar-refractivity contribution in [2.75, 3.05) is 20.3 Å². The van der Waals surface area contributed by atoms with E-state index in [0.29, 0.717) is 13.2 Å². The molecule has 2 aromatic rings. The van der Waals surface area contributed by atoms with Crippen LogP contribution in [0.25, 0.3) is 0 Å². The lowest BCUT2D eigenvalue weighted by Crippen LogP contribution is -2.18. The Morgan fingerprint density at radius 2 is 2.25 bits per heavy atom. The number of aromatic nitrogens is 2. The fourth-order valence-corrected chi connectivity index (χ4v) is 1.93. The van der Waals surface area contributed by atoms with E-state index in [0.717, 1.165) is 24.2 Å². The summed E-state index contributed by atoms with van der Waals surface area (Å²) in [6, 6.07) is 4.78. The molecule has 108 valence electrons. The Balaban J connectivity index is 1.90. The van der Waals surface area contributed by atoms with Gasteiger partial charge in [0, 0.05) is 32.0 Å². The highest BCUT2D eigenvalue weighted by atomic mass is 35.5. The van der Waals surface area contributed by atoms with Gasteiger partial charge in [-0.3, -0.25) is 4.68 Å². The van der Waals surface area contributed by atoms with Gasteiger partial charge in [-0.05, 0) is 17.7 Å². The van der Waals surface area contributed by atoms with Gasteiger partial charge in [0.25, 0.3) is 0 Å². The molecular weight excluding hydrogens is 281 g/mol. The molecule has 0 amide bonds. The van der Waals surface area contributed by atoms with Gasteiger partial charge < -0.3 is 10.1 Å². The topological polar surface area (TPSA) is 39.1 Å². The summed E-state index contributed by atoms with van der Waals surface area (Å²) >= 11 is 5.65. The van der Waals surface area contributed by atoms with Gasteiger partial charge in [0.05, 0.1) is 24.4 Å². The van der Waals surface area contributed by atoms with Crippen molar-refractivity contribution in [2.24, 2.45) is 0 Å². The Morgan fingerprint density at radius 1 is 1.40 bits per heavy atom. The highest BCUT2D eigenvalue weighted by molar-refractivity contribution is 6.30. The lowest BCUT2D eigenvalue weighted by atomic mass is 10.2. The smallest absolute Gasteiger partial charge is 0.142 e. The van der Waals surface area contributed by atoms with Crippen LogP contribution in [-0.2, 0) is 17.8 Å². The summed E-state index contributed by atoms with van der Waals surface area (Å²) in [6.45, 7) is 2.73. The summed E-state index contributed by atoms with van der Waals surface area (Å²) in [7, 11) is 1.67. The van der Waals surface area contributed by atoms with Gasteiger partial charge in [0.1, 0.15) is 5.82 Å². The summed E-state index contributed by atoms with van der Waals surface area (Å²) in [5.41, 5.74) is 1.91. The number of nitrogens with one attached hydrogen (secondary N) is 1. The predicted molar refractivity (Wildman–Crippen MR) is 76.3 cm³/mol. The van der Waals surface area contributed by atoms with Gasteiger partial charge in [-0.2, -0.15) is 5.10 Å². The van der Waals surface area contributed by atoms with Crippen LogP contribution < -0.4 is 5.32 Å². The Bertz CT molecular complexity index is 559. The molecule has 2 rings (SSSR count). The third-order valence-corrected chi connectivity index (χ3v) is 3.13. The molecule has 0 saturated heterocycles. The molecule has 1 N–H and O–H groups in total. The molecule has 0 atom stereocenters. The fourth-order valence-electron chi connectivity index (χ4n) is 1.82. The SMILES string of the molecule is COCCNCc1cnn(Cc2ccc(Cl)c(F)c2)c1. The second kappa shape index (κ2) is 7.38. The molecule has 0 aliphatic carbocycles. The first-order valence-electron chi connectivity index (χ1n) is 6.34. The van der Waals surface area contributed by atoms with Crippen molar-refractivity contribution in [3.8, 4) is 0 Å². The van der Waals surface area contributed by atoms with E-state index in [1.807, 2.05) is 6.20 Å². The number of hydrogen-bond donors (Lipinski definition) is 1. The van der Waals surface area contributed by atoms with Crippen LogP contribution in [0.5, 0.6) is 0 Å². The van der Waals surface area contributed by atoms with E-state index in [9.17, 15) is 4.39 Å². The highest BCUT2D eigenvalue weighted by Gasteiger charge is 2.03. The molecule has 0 radical (unpaired) electrons. The summed E-state index contributed by atoms with van der Waals surface area (Å²) in [5.74, 6) is -0.405. The Labute approximate surface area is 122 Å². The van der Waals surface area contributed by atoms with Gasteiger partial charge in [0.15, 0.2) is 0 Å². The van der Waals surface area contributed by atoms with Gasteiger partial charge in [-0.15, -0.1) is 0 Å². The second-order valence-corrected chi connectivity index (χ2v) is 4.87. The van der Waals surface area contributed by atoms with Crippen molar-refractivity contribution in [1.29, 1.82) is 0 Å². The molecule has 1 aromatic carbocycles. The molecule has 6 heteroatoms. The first-order chi connectivity index (χ1) is 9.69. The minimum absolute atomic E-state index is 0.136. The Morgan fingerprint density at radius 3 is 3.00 bits per heavy atom. The summed E-state index contributed by atoms with van der Waals surface area (Å²) in [4.78, 5) is 0. The first kappa shape index (κ1) is 15.0. The van der Waals surface area contributed by atoms with Crippen LogP contribution >= 0.6 is 11.6 Å². The van der Waals surface area contributed by atoms with Crippen molar-refractivity contribution >= 4 is 11.6 Å². The molecule has 0 bridgehead atoms. The molecule has 1 heterocycles. The average molecular weight is 298 g/mol. The minimum atomic E-state index is -0.405. The monoisotopic (exact) mass is 297 g/mol. The van der Waals surface area contributed by atoms with Gasteiger partial charge >= 0.3 is 0 Å². The zero-order valence-corrected chi connectivity index (χ0v) is 12.0. The summed E-state index contributed by atoms with van der Waals surface area (Å²) < 4.78 is 20.1. The van der Waals surface area contributed by atoms with E-state index in [1.165, 1.54) is 6.07 Å². The number of methoxy groups -OCH3 is 1. The van der Waals surface area contributed by atoms with Crippen molar-refractivity contribution in [1.82, 2.24) is 15.1 Å². The van der Waals surface area contributed by atoms with E-state index in [4.69, 9.17) is 16.3 Å². The third-order valence-electron chi connectivity index (χ3n) is 2.83. The van der Waals surface area contributed by atoms with Crippen LogP contribution in [0, 0.1) is 5.82 Å². The maximum Gasteiger partial charge on any atom is 0.142 e. The number of halogens is 2. The van der Waals surface area contributed by atoms with Crippen molar-refractivity contribution < 1.29 is 9.13 Å². The Hall–Kier alpha value is -1.43. The molecule has 0 saturated carbocycles. The number of rotatable bonds is 7. The number of nitrogens with zero attached hydrogens (tertiary/aromatic N) is 2. The van der Waals surface area contributed by atoms with Crippen molar-refractivity contribution in [2.45, 2.75) is 13.1 Å². The molecule has 0 unspecified atom stereocenters. The van der Waals surface area contributed by atoms with Gasteiger partial charge in [-0.1, -0.05) is 17.7 Å². The van der Waals surface area contributed by atoms with Crippen LogP contribution in [0.3, 0.4) is 0 Å². The molecule has 0 aliphatic heterocycles. The molecule has 4 nitrogen and oxygen atoms in total. The number of hydrogen-bond acceptors (Lipinski definition) is 3. The maximum atomic E-state index is 13.3. The normalized spacial score (nSPS) is 10.9. The predicted octanol–water partition coefficient (Wildman–Crippen LogP) is 2.46.